The van der Waals surface area contributed by atoms with E-state index in [1.807, 2.05) is 0 Å². The summed E-state index contributed by atoms with van der Waals surface area (Å²) < 4.78 is 0. The Labute approximate surface area is 113 Å². The SMILES string of the molecule is CNC1CCCCCC1N1CCCN(C)CC1C. The van der Waals surface area contributed by atoms with Gasteiger partial charge in [-0.3, -0.25) is 4.90 Å². The van der Waals surface area contributed by atoms with Gasteiger partial charge < -0.3 is 10.2 Å². The quantitative estimate of drug-likeness (QED) is 0.759. The summed E-state index contributed by atoms with van der Waals surface area (Å²) in [5.74, 6) is 0. The van der Waals surface area contributed by atoms with E-state index in [9.17, 15) is 0 Å². The molecule has 3 unspecified atom stereocenters. The molecule has 106 valence electrons. The van der Waals surface area contributed by atoms with Crippen LogP contribution >= 0.6 is 0 Å². The highest BCUT2D eigenvalue weighted by atomic mass is 15.3. The van der Waals surface area contributed by atoms with Crippen molar-refractivity contribution in [1.82, 2.24) is 15.1 Å². The van der Waals surface area contributed by atoms with Crippen molar-refractivity contribution in [2.24, 2.45) is 0 Å². The third-order valence-corrected chi connectivity index (χ3v) is 4.87. The Morgan fingerprint density at radius 1 is 1.00 bits per heavy atom. The molecular weight excluding hydrogens is 222 g/mol. The van der Waals surface area contributed by atoms with Crippen LogP contribution in [-0.2, 0) is 0 Å². The molecule has 2 rings (SSSR count). The Morgan fingerprint density at radius 3 is 2.56 bits per heavy atom. The van der Waals surface area contributed by atoms with Gasteiger partial charge in [0, 0.05) is 31.2 Å². The van der Waals surface area contributed by atoms with Crippen molar-refractivity contribution in [3.8, 4) is 0 Å². The number of hydrogen-bond acceptors (Lipinski definition) is 3. The average Bonchev–Trinajstić information content (AvgIpc) is 2.66. The lowest BCUT2D eigenvalue weighted by Crippen LogP contribution is -2.53. The highest BCUT2D eigenvalue weighted by Gasteiger charge is 2.31. The first-order chi connectivity index (χ1) is 8.72. The molecule has 0 aromatic heterocycles. The minimum absolute atomic E-state index is 0.705. The molecule has 1 saturated heterocycles. The van der Waals surface area contributed by atoms with E-state index in [2.05, 4.69) is 36.1 Å². The van der Waals surface area contributed by atoms with Gasteiger partial charge >= 0.3 is 0 Å². The molecule has 1 aliphatic carbocycles. The van der Waals surface area contributed by atoms with E-state index in [1.54, 1.807) is 0 Å². The van der Waals surface area contributed by atoms with Crippen LogP contribution in [0.15, 0.2) is 0 Å². The van der Waals surface area contributed by atoms with Gasteiger partial charge in [-0.05, 0) is 46.8 Å². The van der Waals surface area contributed by atoms with Crippen molar-refractivity contribution in [2.75, 3.05) is 33.7 Å². The summed E-state index contributed by atoms with van der Waals surface area (Å²) in [5.41, 5.74) is 0. The first-order valence-corrected chi connectivity index (χ1v) is 7.84. The minimum atomic E-state index is 0.705. The van der Waals surface area contributed by atoms with Crippen molar-refractivity contribution in [1.29, 1.82) is 0 Å². The normalized spacial score (nSPS) is 37.2. The molecule has 3 heteroatoms. The summed E-state index contributed by atoms with van der Waals surface area (Å²) in [6.45, 7) is 6.19. The third kappa shape index (κ3) is 3.46. The first kappa shape index (κ1) is 14.3. The van der Waals surface area contributed by atoms with E-state index in [0.29, 0.717) is 12.1 Å². The average molecular weight is 253 g/mol. The lowest BCUT2D eigenvalue weighted by atomic mass is 9.99. The topological polar surface area (TPSA) is 18.5 Å². The second-order valence-corrected chi connectivity index (χ2v) is 6.30. The Balaban J connectivity index is 2.05. The lowest BCUT2D eigenvalue weighted by molar-refractivity contribution is 0.109. The molecule has 1 heterocycles. The summed E-state index contributed by atoms with van der Waals surface area (Å²) in [7, 11) is 4.42. The highest BCUT2D eigenvalue weighted by molar-refractivity contribution is 4.90. The van der Waals surface area contributed by atoms with Gasteiger partial charge in [-0.1, -0.05) is 19.3 Å². The number of rotatable bonds is 2. The Hall–Kier alpha value is -0.120. The Kier molecular flexibility index (Phi) is 5.46. The number of hydrogen-bond donors (Lipinski definition) is 1. The molecule has 1 saturated carbocycles. The molecule has 2 aliphatic rings. The van der Waals surface area contributed by atoms with E-state index < -0.39 is 0 Å². The molecule has 0 amide bonds. The van der Waals surface area contributed by atoms with Crippen LogP contribution in [0.5, 0.6) is 0 Å². The zero-order valence-electron chi connectivity index (χ0n) is 12.5. The highest BCUT2D eigenvalue weighted by Crippen LogP contribution is 2.25. The molecular formula is C15H31N3. The molecule has 0 radical (unpaired) electrons. The standard InChI is InChI=1S/C15H31N3/c1-13-12-17(3)10-7-11-18(13)15-9-6-4-5-8-14(15)16-2/h13-16H,4-12H2,1-3H3. The maximum absolute atomic E-state index is 3.59. The molecule has 0 spiro atoms. The second-order valence-electron chi connectivity index (χ2n) is 6.30. The van der Waals surface area contributed by atoms with Crippen LogP contribution in [0.3, 0.4) is 0 Å². The first-order valence-electron chi connectivity index (χ1n) is 7.84. The van der Waals surface area contributed by atoms with Crippen LogP contribution in [0, 0.1) is 0 Å². The predicted octanol–water partition coefficient (Wildman–Crippen LogP) is 1.93. The fraction of sp³-hybridized carbons (Fsp3) is 1.00. The number of nitrogens with one attached hydrogen (secondary N) is 1. The van der Waals surface area contributed by atoms with Gasteiger partial charge in [0.05, 0.1) is 0 Å². The van der Waals surface area contributed by atoms with Crippen molar-refractivity contribution in [2.45, 2.75) is 63.6 Å². The molecule has 2 fully saturated rings. The van der Waals surface area contributed by atoms with Crippen LogP contribution in [0.25, 0.3) is 0 Å². The minimum Gasteiger partial charge on any atom is -0.315 e. The molecule has 3 nitrogen and oxygen atoms in total. The zero-order valence-corrected chi connectivity index (χ0v) is 12.5. The summed E-state index contributed by atoms with van der Waals surface area (Å²) in [4.78, 5) is 5.30. The molecule has 1 aliphatic heterocycles. The van der Waals surface area contributed by atoms with Crippen molar-refractivity contribution < 1.29 is 0 Å². The molecule has 0 aromatic rings. The van der Waals surface area contributed by atoms with Gasteiger partial charge in [0.25, 0.3) is 0 Å². The maximum atomic E-state index is 3.59. The molecule has 18 heavy (non-hydrogen) atoms. The Morgan fingerprint density at radius 2 is 1.78 bits per heavy atom. The van der Waals surface area contributed by atoms with Gasteiger partial charge in [-0.2, -0.15) is 0 Å². The molecule has 3 atom stereocenters. The molecule has 1 N–H and O–H groups in total. The van der Waals surface area contributed by atoms with Gasteiger partial charge in [-0.15, -0.1) is 0 Å². The van der Waals surface area contributed by atoms with Gasteiger partial charge in [0.1, 0.15) is 0 Å². The van der Waals surface area contributed by atoms with Gasteiger partial charge in [0.15, 0.2) is 0 Å². The molecule has 0 bridgehead atoms. The van der Waals surface area contributed by atoms with Gasteiger partial charge in [0.2, 0.25) is 0 Å². The van der Waals surface area contributed by atoms with Gasteiger partial charge in [-0.25, -0.2) is 0 Å². The lowest BCUT2D eigenvalue weighted by Gasteiger charge is -2.39. The van der Waals surface area contributed by atoms with E-state index >= 15 is 0 Å². The fourth-order valence-electron chi connectivity index (χ4n) is 3.91. The van der Waals surface area contributed by atoms with Crippen molar-refractivity contribution in [3.63, 3.8) is 0 Å². The smallest absolute Gasteiger partial charge is 0.0252 e. The summed E-state index contributed by atoms with van der Waals surface area (Å²) >= 11 is 0. The predicted molar refractivity (Wildman–Crippen MR) is 78.0 cm³/mol. The van der Waals surface area contributed by atoms with Crippen LogP contribution in [-0.4, -0.2) is 61.7 Å². The number of nitrogens with zero attached hydrogens (tertiary/aromatic N) is 2. The van der Waals surface area contributed by atoms with Crippen LogP contribution < -0.4 is 5.32 Å². The summed E-state index contributed by atoms with van der Waals surface area (Å²) in [6, 6.07) is 2.17. The van der Waals surface area contributed by atoms with Crippen molar-refractivity contribution in [3.05, 3.63) is 0 Å². The third-order valence-electron chi connectivity index (χ3n) is 4.87. The number of likely N-dealkylation sites (N-methyl/N-ethyl adjacent to an activating group) is 2. The monoisotopic (exact) mass is 253 g/mol. The van der Waals surface area contributed by atoms with Crippen LogP contribution in [0.2, 0.25) is 0 Å². The van der Waals surface area contributed by atoms with E-state index in [4.69, 9.17) is 0 Å². The van der Waals surface area contributed by atoms with Crippen LogP contribution in [0.1, 0.15) is 45.4 Å². The zero-order chi connectivity index (χ0) is 13.0. The fourth-order valence-corrected chi connectivity index (χ4v) is 3.91. The second kappa shape index (κ2) is 6.88. The largest absolute Gasteiger partial charge is 0.315 e. The maximum Gasteiger partial charge on any atom is 0.0252 e. The van der Waals surface area contributed by atoms with Crippen LogP contribution in [0.4, 0.5) is 0 Å². The Bertz CT molecular complexity index is 244. The molecule has 0 aromatic carbocycles. The van der Waals surface area contributed by atoms with Crippen molar-refractivity contribution >= 4 is 0 Å². The van der Waals surface area contributed by atoms with E-state index in [0.717, 1.165) is 6.04 Å². The summed E-state index contributed by atoms with van der Waals surface area (Å²) in [5, 5.41) is 3.59. The summed E-state index contributed by atoms with van der Waals surface area (Å²) in [6.07, 6.45) is 8.33. The van der Waals surface area contributed by atoms with E-state index in [1.165, 1.54) is 58.2 Å². The van der Waals surface area contributed by atoms with E-state index in [-0.39, 0.29) is 0 Å².